The van der Waals surface area contributed by atoms with Crippen LogP contribution in [0.1, 0.15) is 0 Å². The molecule has 0 spiro atoms. The molecule has 0 aliphatic heterocycles. The summed E-state index contributed by atoms with van der Waals surface area (Å²) in [7, 11) is 0. The molecule has 0 saturated carbocycles. The zero-order chi connectivity index (χ0) is 8.85. The lowest BCUT2D eigenvalue weighted by Gasteiger charge is -2.02. The lowest BCUT2D eigenvalue weighted by Crippen LogP contribution is -2.39. The number of hydrogen-bond acceptors (Lipinski definition) is 4. The molecule has 0 aliphatic carbocycles. The third kappa shape index (κ3) is 3.21. The third-order valence-corrected chi connectivity index (χ3v) is 0.948. The fourth-order valence-corrected chi connectivity index (χ4v) is 0.330. The number of carbonyl (C=O) groups excluding carboxylic acids is 1. The highest BCUT2D eigenvalue weighted by atomic mass is 16.1. The van der Waals surface area contributed by atoms with Gasteiger partial charge in [-0.05, 0) is 0 Å². The maximum absolute atomic E-state index is 10.8. The molecule has 0 aromatic carbocycles. The van der Waals surface area contributed by atoms with Crippen LogP contribution < -0.4 is 22.6 Å². The van der Waals surface area contributed by atoms with E-state index >= 15 is 0 Å². The Morgan fingerprint density at radius 1 is 1.64 bits per heavy atom. The van der Waals surface area contributed by atoms with E-state index in [1.54, 1.807) is 0 Å². The molecule has 0 rings (SSSR count). The summed E-state index contributed by atoms with van der Waals surface area (Å²) in [5.41, 5.74) is 10.4. The van der Waals surface area contributed by atoms with E-state index in [0.717, 1.165) is 0 Å². The zero-order valence-corrected chi connectivity index (χ0v) is 6.00. The fourth-order valence-electron chi connectivity index (χ4n) is 0.330. The zero-order valence-electron chi connectivity index (χ0n) is 6.00. The number of nitrogens with one attached hydrogen (secondary N) is 1. The van der Waals surface area contributed by atoms with E-state index in [1.807, 2.05) is 0 Å². The summed E-state index contributed by atoms with van der Waals surface area (Å²) in [5, 5.41) is 5.19. The normalized spacial score (nSPS) is 10.8. The second-order valence-electron chi connectivity index (χ2n) is 1.78. The van der Waals surface area contributed by atoms with E-state index in [2.05, 4.69) is 17.0 Å². The average molecular weight is 157 g/mol. The molecule has 1 amide bonds. The van der Waals surface area contributed by atoms with Crippen molar-refractivity contribution in [1.29, 1.82) is 0 Å². The minimum absolute atomic E-state index is 0.0731. The summed E-state index contributed by atoms with van der Waals surface area (Å²) in [6.45, 7) is 3.45. The number of nitrogens with two attached hydrogens (primary N) is 3. The molecular formula is C5H11N5O. The second kappa shape index (κ2) is 4.29. The van der Waals surface area contributed by atoms with Gasteiger partial charge in [0.25, 0.3) is 5.91 Å². The monoisotopic (exact) mass is 157 g/mol. The number of nitrogens with zero attached hydrogens (tertiary/aromatic N) is 1. The molecule has 0 aliphatic rings. The Morgan fingerprint density at radius 2 is 2.18 bits per heavy atom. The van der Waals surface area contributed by atoms with Crippen molar-refractivity contribution in [2.75, 3.05) is 6.54 Å². The van der Waals surface area contributed by atoms with E-state index in [4.69, 9.17) is 17.3 Å². The minimum atomic E-state index is -0.473. The Hall–Kier alpha value is -1.56. The van der Waals surface area contributed by atoms with Gasteiger partial charge in [0.1, 0.15) is 0 Å². The van der Waals surface area contributed by atoms with Gasteiger partial charge in [0.05, 0.1) is 0 Å². The van der Waals surface area contributed by atoms with Crippen molar-refractivity contribution in [1.82, 2.24) is 5.32 Å². The van der Waals surface area contributed by atoms with Crippen molar-refractivity contribution in [3.05, 3.63) is 12.2 Å². The molecule has 62 valence electrons. The molecule has 0 bridgehead atoms. The predicted octanol–water partition coefficient (Wildman–Crippen LogP) is -2.19. The summed E-state index contributed by atoms with van der Waals surface area (Å²) >= 11 is 0. The molecule has 0 atom stereocenters. The van der Waals surface area contributed by atoms with Gasteiger partial charge < -0.3 is 17.3 Å². The molecular weight excluding hydrogens is 146 g/mol. The van der Waals surface area contributed by atoms with Crippen molar-refractivity contribution < 1.29 is 4.79 Å². The number of rotatable bonds is 2. The average Bonchev–Trinajstić information content (AvgIpc) is 2.02. The van der Waals surface area contributed by atoms with Gasteiger partial charge in [-0.2, -0.15) is 0 Å². The Balaban J connectivity index is 3.98. The van der Waals surface area contributed by atoms with Gasteiger partial charge in [-0.3, -0.25) is 10.1 Å². The molecule has 0 unspecified atom stereocenters. The highest BCUT2D eigenvalue weighted by Crippen LogP contribution is 1.83. The van der Waals surface area contributed by atoms with Crippen LogP contribution in [-0.4, -0.2) is 18.4 Å². The molecule has 6 heteroatoms. The molecule has 0 radical (unpaired) electrons. The molecule has 6 nitrogen and oxygen atoms in total. The van der Waals surface area contributed by atoms with Crippen LogP contribution in [0.25, 0.3) is 0 Å². The van der Waals surface area contributed by atoms with Gasteiger partial charge in [-0.1, -0.05) is 6.58 Å². The Labute approximate surface area is 64.1 Å². The van der Waals surface area contributed by atoms with E-state index in [-0.39, 0.29) is 18.1 Å². The Kier molecular flexibility index (Phi) is 3.68. The van der Waals surface area contributed by atoms with Gasteiger partial charge in [0, 0.05) is 12.1 Å². The molecule has 7 N–H and O–H groups in total. The molecule has 0 heterocycles. The largest absolute Gasteiger partial charge is 0.368 e. The topological polar surface area (TPSA) is 120 Å². The standard InChI is InChI=1S/C5H11N5O/c1-3(2-6)4(11)9-5(7)10-8/h1-2,6,8H2,(H3,7,9,10,11). The van der Waals surface area contributed by atoms with Crippen molar-refractivity contribution in [2.45, 2.75) is 0 Å². The number of carbonyl (C=O) groups is 1. The first-order valence-electron chi connectivity index (χ1n) is 2.84. The van der Waals surface area contributed by atoms with Crippen LogP contribution >= 0.6 is 0 Å². The molecule has 0 saturated heterocycles. The van der Waals surface area contributed by atoms with Crippen molar-refractivity contribution in [3.63, 3.8) is 0 Å². The van der Waals surface area contributed by atoms with Gasteiger partial charge in [-0.15, -0.1) is 5.10 Å². The summed E-state index contributed by atoms with van der Waals surface area (Å²) < 4.78 is 0. The summed E-state index contributed by atoms with van der Waals surface area (Å²) in [6.07, 6.45) is 0. The van der Waals surface area contributed by atoms with Gasteiger partial charge in [0.15, 0.2) is 0 Å². The highest BCUT2D eigenvalue weighted by molar-refractivity contribution is 6.04. The minimum Gasteiger partial charge on any atom is -0.368 e. The first-order valence-corrected chi connectivity index (χ1v) is 2.84. The van der Waals surface area contributed by atoms with Crippen LogP contribution in [0, 0.1) is 0 Å². The highest BCUT2D eigenvalue weighted by Gasteiger charge is 2.04. The fraction of sp³-hybridized carbons (Fsp3) is 0.200. The van der Waals surface area contributed by atoms with E-state index < -0.39 is 5.91 Å². The van der Waals surface area contributed by atoms with Crippen LogP contribution in [0.5, 0.6) is 0 Å². The summed E-state index contributed by atoms with van der Waals surface area (Å²) in [4.78, 5) is 10.8. The first-order chi connectivity index (χ1) is 5.11. The van der Waals surface area contributed by atoms with E-state index in [9.17, 15) is 4.79 Å². The van der Waals surface area contributed by atoms with Gasteiger partial charge in [0.2, 0.25) is 5.96 Å². The van der Waals surface area contributed by atoms with Crippen LogP contribution in [0.4, 0.5) is 0 Å². The number of amides is 1. The van der Waals surface area contributed by atoms with E-state index in [1.165, 1.54) is 0 Å². The molecule has 0 aromatic rings. The molecule has 11 heavy (non-hydrogen) atoms. The number of hydrazone groups is 1. The van der Waals surface area contributed by atoms with Crippen LogP contribution in [0.2, 0.25) is 0 Å². The quantitative estimate of drug-likeness (QED) is 0.120. The molecule has 0 aromatic heterocycles. The van der Waals surface area contributed by atoms with Gasteiger partial charge in [-0.25, -0.2) is 0 Å². The lowest BCUT2D eigenvalue weighted by molar-refractivity contribution is -0.116. The SMILES string of the molecule is C=C(CN)C(=O)N/C(N)=N\N. The van der Waals surface area contributed by atoms with E-state index in [0.29, 0.717) is 0 Å². The number of guanidine groups is 1. The third-order valence-electron chi connectivity index (χ3n) is 0.948. The number of hydrogen-bond donors (Lipinski definition) is 4. The van der Waals surface area contributed by atoms with Crippen LogP contribution in [0.3, 0.4) is 0 Å². The predicted molar refractivity (Wildman–Crippen MR) is 42.1 cm³/mol. The van der Waals surface area contributed by atoms with Crippen molar-refractivity contribution in [3.8, 4) is 0 Å². The van der Waals surface area contributed by atoms with Crippen molar-refractivity contribution >= 4 is 11.9 Å². The second-order valence-corrected chi connectivity index (χ2v) is 1.78. The Morgan fingerprint density at radius 3 is 2.55 bits per heavy atom. The lowest BCUT2D eigenvalue weighted by atomic mass is 10.3. The maximum atomic E-state index is 10.8. The first kappa shape index (κ1) is 9.44. The summed E-state index contributed by atoms with van der Waals surface area (Å²) in [5.74, 6) is 4.11. The Bertz CT molecular complexity index is 197. The smallest absolute Gasteiger partial charge is 0.254 e. The maximum Gasteiger partial charge on any atom is 0.254 e. The summed E-state index contributed by atoms with van der Waals surface area (Å²) in [6, 6.07) is 0. The van der Waals surface area contributed by atoms with Gasteiger partial charge >= 0.3 is 0 Å². The molecule has 0 fully saturated rings. The van der Waals surface area contributed by atoms with Crippen molar-refractivity contribution in [2.24, 2.45) is 22.4 Å². The van der Waals surface area contributed by atoms with Crippen LogP contribution in [0.15, 0.2) is 17.3 Å². The van der Waals surface area contributed by atoms with Crippen LogP contribution in [-0.2, 0) is 4.79 Å².